The average Bonchev–Trinajstić information content (AvgIpc) is 2.60. The molecule has 11 heteroatoms. The first kappa shape index (κ1) is 20.1. The van der Waals surface area contributed by atoms with Crippen molar-refractivity contribution in [3.05, 3.63) is 58.4 Å². The number of amides is 1. The van der Waals surface area contributed by atoms with E-state index in [1.165, 1.54) is 18.5 Å². The molecule has 8 nitrogen and oxygen atoms in total. The van der Waals surface area contributed by atoms with Crippen LogP contribution in [0.2, 0.25) is 0 Å². The summed E-state index contributed by atoms with van der Waals surface area (Å²) in [6.45, 7) is 0.610. The minimum Gasteiger partial charge on any atom is -0.488 e. The lowest BCUT2D eigenvalue weighted by atomic mass is 10.1. The Labute approximate surface area is 150 Å². The van der Waals surface area contributed by atoms with Gasteiger partial charge in [-0.2, -0.15) is 13.2 Å². The van der Waals surface area contributed by atoms with Crippen molar-refractivity contribution >= 4 is 17.3 Å². The monoisotopic (exact) mass is 385 g/mol. The number of halogens is 3. The normalized spacial score (nSPS) is 13.5. The fourth-order valence-electron chi connectivity index (χ4n) is 1.99. The van der Waals surface area contributed by atoms with E-state index in [9.17, 15) is 33.2 Å². The smallest absolute Gasteiger partial charge is 0.423 e. The molecule has 1 aromatic heterocycles. The minimum atomic E-state index is -4.99. The number of anilines is 1. The van der Waals surface area contributed by atoms with Gasteiger partial charge < -0.3 is 15.2 Å². The van der Waals surface area contributed by atoms with Crippen LogP contribution in [0.4, 0.5) is 24.5 Å². The predicted molar refractivity (Wildman–Crippen MR) is 87.1 cm³/mol. The lowest BCUT2D eigenvalue weighted by Gasteiger charge is -2.22. The largest absolute Gasteiger partial charge is 0.488 e. The van der Waals surface area contributed by atoms with Crippen molar-refractivity contribution in [2.24, 2.45) is 0 Å². The second-order valence-corrected chi connectivity index (χ2v) is 5.69. The second-order valence-electron chi connectivity index (χ2n) is 5.69. The summed E-state index contributed by atoms with van der Waals surface area (Å²) >= 11 is 0. The third kappa shape index (κ3) is 5.14. The van der Waals surface area contributed by atoms with Crippen LogP contribution in [0, 0.1) is 10.1 Å². The van der Waals surface area contributed by atoms with Crippen molar-refractivity contribution in [3.63, 3.8) is 0 Å². The maximum atomic E-state index is 13.0. The molecule has 2 N–H and O–H groups in total. The van der Waals surface area contributed by atoms with Gasteiger partial charge in [-0.15, -0.1) is 0 Å². The molecule has 1 amide bonds. The van der Waals surface area contributed by atoms with Gasteiger partial charge in [0.05, 0.1) is 11.1 Å². The van der Waals surface area contributed by atoms with Gasteiger partial charge in [0, 0.05) is 18.0 Å². The Kier molecular flexibility index (Phi) is 5.64. The lowest BCUT2D eigenvalue weighted by Crippen LogP contribution is -2.45. The number of alkyl halides is 3. The number of nitrogens with zero attached hydrogens (tertiary/aromatic N) is 2. The summed E-state index contributed by atoms with van der Waals surface area (Å²) < 4.78 is 44.1. The van der Waals surface area contributed by atoms with E-state index in [4.69, 9.17) is 4.74 Å². The zero-order valence-corrected chi connectivity index (χ0v) is 13.9. The van der Waals surface area contributed by atoms with Crippen LogP contribution < -0.4 is 10.1 Å². The van der Waals surface area contributed by atoms with Gasteiger partial charge in [-0.1, -0.05) is 0 Å². The van der Waals surface area contributed by atoms with Gasteiger partial charge in [0.1, 0.15) is 17.9 Å². The molecular weight excluding hydrogens is 371 g/mol. The minimum absolute atomic E-state index is 0.278. The van der Waals surface area contributed by atoms with Gasteiger partial charge in [0.25, 0.3) is 11.6 Å². The first-order valence-electron chi connectivity index (χ1n) is 7.43. The first-order valence-corrected chi connectivity index (χ1v) is 7.43. The number of aliphatic hydroxyl groups is 1. The highest BCUT2D eigenvalue weighted by molar-refractivity contribution is 5.97. The maximum absolute atomic E-state index is 13.0. The number of nitro benzene ring substituents is 1. The number of pyridine rings is 1. The zero-order chi connectivity index (χ0) is 20.2. The van der Waals surface area contributed by atoms with E-state index >= 15 is 0 Å². The lowest BCUT2D eigenvalue weighted by molar-refractivity contribution is -0.388. The Morgan fingerprint density at radius 3 is 2.63 bits per heavy atom. The number of hydrogen-bond acceptors (Lipinski definition) is 6. The van der Waals surface area contributed by atoms with Crippen LogP contribution >= 0.6 is 0 Å². The van der Waals surface area contributed by atoms with Crippen LogP contribution in [-0.2, 0) is 11.0 Å². The number of nitrogens with one attached hydrogen (secondary N) is 1. The van der Waals surface area contributed by atoms with Crippen molar-refractivity contribution in [2.45, 2.75) is 18.7 Å². The van der Waals surface area contributed by atoms with Gasteiger partial charge in [0.15, 0.2) is 5.60 Å². The van der Waals surface area contributed by atoms with Gasteiger partial charge in [-0.3, -0.25) is 19.9 Å². The molecule has 2 rings (SSSR count). The van der Waals surface area contributed by atoms with E-state index < -0.39 is 40.5 Å². The first-order chi connectivity index (χ1) is 12.5. The van der Waals surface area contributed by atoms with Crippen molar-refractivity contribution in [3.8, 4) is 5.75 Å². The fourth-order valence-corrected chi connectivity index (χ4v) is 1.99. The van der Waals surface area contributed by atoms with E-state index in [2.05, 4.69) is 10.3 Å². The number of carbonyl (C=O) groups excluding carboxylic acids is 1. The number of carbonyl (C=O) groups is 1. The molecule has 0 aliphatic rings. The molecule has 0 unspecified atom stereocenters. The molecule has 0 spiro atoms. The van der Waals surface area contributed by atoms with Crippen LogP contribution in [0.1, 0.15) is 12.5 Å². The van der Waals surface area contributed by atoms with E-state index in [0.717, 1.165) is 13.0 Å². The number of ether oxygens (including phenoxy) is 1. The number of nitro groups is 1. The Morgan fingerprint density at radius 1 is 1.37 bits per heavy atom. The molecule has 0 aliphatic carbocycles. The highest BCUT2D eigenvalue weighted by Crippen LogP contribution is 2.37. The van der Waals surface area contributed by atoms with E-state index in [0.29, 0.717) is 12.1 Å². The van der Waals surface area contributed by atoms with Gasteiger partial charge in [0.2, 0.25) is 0 Å². The Morgan fingerprint density at radius 2 is 2.07 bits per heavy atom. The molecule has 1 atom stereocenters. The number of benzene rings is 1. The quantitative estimate of drug-likeness (QED) is 0.584. The average molecular weight is 385 g/mol. The molecule has 0 radical (unpaired) electrons. The Hall–Kier alpha value is -3.21. The SMILES string of the molecule is C[C@](O)(COc1cccnc1)C(=O)Nc1ccc([N+](=O)[O-])c(C(F)(F)F)c1. The topological polar surface area (TPSA) is 115 Å². The fraction of sp³-hybridized carbons (Fsp3) is 0.250. The summed E-state index contributed by atoms with van der Waals surface area (Å²) in [4.78, 5) is 25.5. The third-order valence-electron chi connectivity index (χ3n) is 3.40. The molecule has 27 heavy (non-hydrogen) atoms. The summed E-state index contributed by atoms with van der Waals surface area (Å²) in [6, 6.07) is 5.09. The van der Waals surface area contributed by atoms with Crippen molar-refractivity contribution in [1.82, 2.24) is 4.98 Å². The van der Waals surface area contributed by atoms with Crippen molar-refractivity contribution in [2.75, 3.05) is 11.9 Å². The molecule has 1 aromatic carbocycles. The summed E-state index contributed by atoms with van der Waals surface area (Å²) in [5.74, 6) is -0.770. The van der Waals surface area contributed by atoms with Crippen LogP contribution in [-0.4, -0.2) is 33.1 Å². The Bertz CT molecular complexity index is 841. The van der Waals surface area contributed by atoms with E-state index in [-0.39, 0.29) is 11.4 Å². The van der Waals surface area contributed by atoms with Crippen molar-refractivity contribution in [1.29, 1.82) is 0 Å². The standard InChI is InChI=1S/C16H14F3N3O5/c1-15(24,9-27-11-3-2-6-20-8-11)14(23)21-10-4-5-13(22(25)26)12(7-10)16(17,18)19/h2-8,24H,9H2,1H3,(H,21,23)/t15-/m0/s1. The zero-order valence-electron chi connectivity index (χ0n) is 13.9. The van der Waals surface area contributed by atoms with Crippen molar-refractivity contribution < 1.29 is 32.7 Å². The molecule has 0 saturated carbocycles. The van der Waals surface area contributed by atoms with E-state index in [1.807, 2.05) is 0 Å². The predicted octanol–water partition coefficient (Wildman–Crippen LogP) is 2.78. The molecule has 0 fully saturated rings. The van der Waals surface area contributed by atoms with Crippen LogP contribution in [0.25, 0.3) is 0 Å². The summed E-state index contributed by atoms with van der Waals surface area (Å²) in [6.07, 6.45) is -2.15. The molecule has 144 valence electrons. The highest BCUT2D eigenvalue weighted by Gasteiger charge is 2.39. The van der Waals surface area contributed by atoms with Gasteiger partial charge in [-0.25, -0.2) is 0 Å². The summed E-state index contributed by atoms with van der Waals surface area (Å²) in [5, 5.41) is 23.0. The third-order valence-corrected chi connectivity index (χ3v) is 3.40. The number of hydrogen-bond donors (Lipinski definition) is 2. The molecule has 1 heterocycles. The molecule has 0 aliphatic heterocycles. The number of aromatic nitrogens is 1. The van der Waals surface area contributed by atoms with Crippen LogP contribution in [0.5, 0.6) is 5.75 Å². The molecule has 2 aromatic rings. The van der Waals surface area contributed by atoms with Gasteiger partial charge >= 0.3 is 6.18 Å². The Balaban J connectivity index is 2.15. The summed E-state index contributed by atoms with van der Waals surface area (Å²) in [7, 11) is 0. The molecule has 0 saturated heterocycles. The maximum Gasteiger partial charge on any atom is 0.423 e. The molecule has 0 bridgehead atoms. The van der Waals surface area contributed by atoms with E-state index in [1.54, 1.807) is 6.07 Å². The highest BCUT2D eigenvalue weighted by atomic mass is 19.4. The molecular formula is C16H14F3N3O5. The second kappa shape index (κ2) is 7.58. The van der Waals surface area contributed by atoms with Crippen LogP contribution in [0.3, 0.4) is 0 Å². The van der Waals surface area contributed by atoms with Gasteiger partial charge in [-0.05, 0) is 31.2 Å². The number of rotatable bonds is 6. The van der Waals surface area contributed by atoms with Crippen LogP contribution in [0.15, 0.2) is 42.7 Å². The summed E-state index contributed by atoms with van der Waals surface area (Å²) in [5.41, 5.74) is -5.11.